The molecule has 1 fully saturated rings. The van der Waals surface area contributed by atoms with Gasteiger partial charge in [0.15, 0.2) is 0 Å². The van der Waals surface area contributed by atoms with E-state index in [1.54, 1.807) is 31.4 Å². The van der Waals surface area contributed by atoms with Crippen LogP contribution in [0.4, 0.5) is 4.39 Å². The molecule has 5 heteroatoms. The van der Waals surface area contributed by atoms with Gasteiger partial charge in [-0.2, -0.15) is 0 Å². The lowest BCUT2D eigenvalue weighted by molar-refractivity contribution is -0.151. The molecule has 0 saturated carbocycles. The minimum Gasteiger partial charge on any atom is -0.497 e. The van der Waals surface area contributed by atoms with Gasteiger partial charge in [-0.3, -0.25) is 4.90 Å². The number of rotatable bonds is 3. The first kappa shape index (κ1) is 15.8. The van der Waals surface area contributed by atoms with Crippen LogP contribution < -0.4 is 4.74 Å². The van der Waals surface area contributed by atoms with Gasteiger partial charge in [0.25, 0.3) is 0 Å². The lowest BCUT2D eigenvalue weighted by Gasteiger charge is -2.31. The van der Waals surface area contributed by atoms with Crippen LogP contribution in [0.5, 0.6) is 5.75 Å². The Kier molecular flexibility index (Phi) is 3.97. The van der Waals surface area contributed by atoms with Gasteiger partial charge in [-0.25, -0.2) is 9.18 Å². The number of nitrogens with zero attached hydrogens (tertiary/aromatic N) is 1. The second kappa shape index (κ2) is 5.30. The zero-order chi connectivity index (χ0) is 15.8. The van der Waals surface area contributed by atoms with E-state index in [9.17, 15) is 9.90 Å². The second-order valence-electron chi connectivity index (χ2n) is 6.54. The third-order valence-electron chi connectivity index (χ3n) is 4.20. The zero-order valence-corrected chi connectivity index (χ0v) is 12.9. The Balaban J connectivity index is 2.36. The molecule has 1 N–H and O–H groups in total. The van der Waals surface area contributed by atoms with Crippen molar-refractivity contribution < 1.29 is 19.0 Å². The average molecular weight is 295 g/mol. The molecule has 1 heterocycles. The van der Waals surface area contributed by atoms with Crippen molar-refractivity contribution in [3.8, 4) is 5.75 Å². The van der Waals surface area contributed by atoms with Gasteiger partial charge in [0.1, 0.15) is 5.75 Å². The minimum absolute atomic E-state index is 0.0947. The molecule has 0 aliphatic carbocycles. The fourth-order valence-electron chi connectivity index (χ4n) is 2.75. The van der Waals surface area contributed by atoms with Gasteiger partial charge in [-0.15, -0.1) is 0 Å². The number of alkyl halides is 1. The number of methoxy groups -OCH3 is 1. The smallest absolute Gasteiger partial charge is 0.343 e. The van der Waals surface area contributed by atoms with Crippen LogP contribution in [-0.2, 0) is 4.79 Å². The molecule has 1 aliphatic rings. The molecule has 0 radical (unpaired) electrons. The number of hydrogen-bond acceptors (Lipinski definition) is 3. The van der Waals surface area contributed by atoms with Crippen molar-refractivity contribution in [3.05, 3.63) is 29.8 Å². The summed E-state index contributed by atoms with van der Waals surface area (Å²) in [5.74, 6) is -1.40. The third-order valence-corrected chi connectivity index (χ3v) is 4.20. The number of halogens is 1. The Morgan fingerprint density at radius 2 is 1.95 bits per heavy atom. The maximum absolute atomic E-state index is 15.1. The predicted octanol–water partition coefficient (Wildman–Crippen LogP) is 2.69. The molecule has 4 nitrogen and oxygen atoms in total. The first-order valence-corrected chi connectivity index (χ1v) is 7.00. The summed E-state index contributed by atoms with van der Waals surface area (Å²) in [4.78, 5) is 13.4. The topological polar surface area (TPSA) is 49.8 Å². The molecule has 2 rings (SSSR count). The largest absolute Gasteiger partial charge is 0.497 e. The van der Waals surface area contributed by atoms with E-state index in [2.05, 4.69) is 0 Å². The summed E-state index contributed by atoms with van der Waals surface area (Å²) in [6.45, 7) is 6.18. The highest BCUT2D eigenvalue weighted by molar-refractivity contribution is 5.80. The number of carboxylic acid groups (broad SMARTS) is 1. The van der Waals surface area contributed by atoms with Crippen molar-refractivity contribution >= 4 is 5.97 Å². The number of aliphatic carboxylic acids is 1. The van der Waals surface area contributed by atoms with E-state index >= 15 is 4.39 Å². The van der Waals surface area contributed by atoms with Crippen LogP contribution in [0.15, 0.2) is 24.3 Å². The molecule has 1 saturated heterocycles. The van der Waals surface area contributed by atoms with Crippen LogP contribution in [0.25, 0.3) is 0 Å². The maximum Gasteiger partial charge on any atom is 0.343 e. The van der Waals surface area contributed by atoms with Gasteiger partial charge in [-0.1, -0.05) is 12.1 Å². The fourth-order valence-corrected chi connectivity index (χ4v) is 2.75. The van der Waals surface area contributed by atoms with E-state index in [-0.39, 0.29) is 12.1 Å². The molecule has 21 heavy (non-hydrogen) atoms. The van der Waals surface area contributed by atoms with E-state index < -0.39 is 17.6 Å². The number of carbonyl (C=O) groups is 1. The van der Waals surface area contributed by atoms with E-state index in [4.69, 9.17) is 4.74 Å². The van der Waals surface area contributed by atoms with E-state index in [0.717, 1.165) is 0 Å². The van der Waals surface area contributed by atoms with Crippen LogP contribution in [0.3, 0.4) is 0 Å². The van der Waals surface area contributed by atoms with Gasteiger partial charge in [0.05, 0.1) is 7.11 Å². The normalized spacial score (nSPS) is 26.8. The van der Waals surface area contributed by atoms with Crippen LogP contribution in [0.1, 0.15) is 32.3 Å². The summed E-state index contributed by atoms with van der Waals surface area (Å²) in [6.07, 6.45) is 0. The van der Waals surface area contributed by atoms with Gasteiger partial charge in [0.2, 0.25) is 5.67 Å². The molecule has 1 aromatic rings. The molecule has 1 unspecified atom stereocenters. The zero-order valence-electron chi connectivity index (χ0n) is 12.9. The lowest BCUT2D eigenvalue weighted by Crippen LogP contribution is -2.44. The van der Waals surface area contributed by atoms with Crippen LogP contribution in [0.2, 0.25) is 0 Å². The summed E-state index contributed by atoms with van der Waals surface area (Å²) in [6, 6.07) is 6.95. The highest BCUT2D eigenvalue weighted by atomic mass is 19.1. The van der Waals surface area contributed by atoms with Crippen molar-refractivity contribution in [3.63, 3.8) is 0 Å². The van der Waals surface area contributed by atoms with Crippen LogP contribution >= 0.6 is 0 Å². The van der Waals surface area contributed by atoms with Crippen molar-refractivity contribution in [2.24, 2.45) is 0 Å². The molecule has 0 bridgehead atoms. The SMILES string of the molecule is COc1ccc(C2CN(C(C)(C)C)C[C@@]2(F)C(=O)O)cc1. The number of benzene rings is 1. The van der Waals surface area contributed by atoms with E-state index in [1.165, 1.54) is 0 Å². The Morgan fingerprint density at radius 1 is 1.38 bits per heavy atom. The Labute approximate surface area is 124 Å². The molecule has 1 aliphatic heterocycles. The molecular weight excluding hydrogens is 273 g/mol. The van der Waals surface area contributed by atoms with Crippen LogP contribution in [0, 0.1) is 0 Å². The number of hydrogen-bond donors (Lipinski definition) is 1. The van der Waals surface area contributed by atoms with Crippen molar-refractivity contribution in [1.29, 1.82) is 0 Å². The van der Waals surface area contributed by atoms with Gasteiger partial charge in [-0.05, 0) is 38.5 Å². The summed E-state index contributed by atoms with van der Waals surface area (Å²) in [7, 11) is 1.56. The number of ether oxygens (including phenoxy) is 1. The summed E-state index contributed by atoms with van der Waals surface area (Å²) in [5.41, 5.74) is -1.84. The average Bonchev–Trinajstić information content (AvgIpc) is 2.78. The summed E-state index contributed by atoms with van der Waals surface area (Å²) in [5, 5.41) is 9.36. The fraction of sp³-hybridized carbons (Fsp3) is 0.562. The number of likely N-dealkylation sites (tertiary alicyclic amines) is 1. The van der Waals surface area contributed by atoms with Crippen LogP contribution in [-0.4, -0.2) is 47.4 Å². The Hall–Kier alpha value is -1.62. The van der Waals surface area contributed by atoms with Crippen molar-refractivity contribution in [2.75, 3.05) is 20.2 Å². The van der Waals surface area contributed by atoms with Crippen molar-refractivity contribution in [1.82, 2.24) is 4.90 Å². The molecule has 2 atom stereocenters. The van der Waals surface area contributed by atoms with E-state index in [0.29, 0.717) is 17.9 Å². The monoisotopic (exact) mass is 295 g/mol. The van der Waals surface area contributed by atoms with Gasteiger partial charge < -0.3 is 9.84 Å². The first-order valence-electron chi connectivity index (χ1n) is 7.00. The quantitative estimate of drug-likeness (QED) is 0.931. The standard InChI is InChI=1S/C16H22FNO3/c1-15(2,3)18-9-13(16(17,10-18)14(19)20)11-5-7-12(21-4)8-6-11/h5-8,13H,9-10H2,1-4H3,(H,19,20)/t13?,16-/m0/s1. The number of carboxylic acids is 1. The second-order valence-corrected chi connectivity index (χ2v) is 6.54. The highest BCUT2D eigenvalue weighted by Crippen LogP contribution is 2.42. The Morgan fingerprint density at radius 3 is 2.38 bits per heavy atom. The van der Waals surface area contributed by atoms with Gasteiger partial charge in [0, 0.05) is 24.5 Å². The molecular formula is C16H22FNO3. The van der Waals surface area contributed by atoms with Crippen molar-refractivity contribution in [2.45, 2.75) is 37.9 Å². The van der Waals surface area contributed by atoms with E-state index in [1.807, 2.05) is 25.7 Å². The molecule has 0 amide bonds. The summed E-state index contributed by atoms with van der Waals surface area (Å²) < 4.78 is 20.2. The molecule has 0 aromatic heterocycles. The molecule has 1 aromatic carbocycles. The minimum atomic E-state index is -2.26. The third kappa shape index (κ3) is 2.88. The molecule has 116 valence electrons. The summed E-state index contributed by atoms with van der Waals surface area (Å²) >= 11 is 0. The first-order chi connectivity index (χ1) is 9.68. The predicted molar refractivity (Wildman–Crippen MR) is 78.5 cm³/mol. The lowest BCUT2D eigenvalue weighted by atomic mass is 9.86. The van der Waals surface area contributed by atoms with Gasteiger partial charge >= 0.3 is 5.97 Å². The Bertz CT molecular complexity index is 523. The molecule has 0 spiro atoms. The maximum atomic E-state index is 15.1. The highest BCUT2D eigenvalue weighted by Gasteiger charge is 2.55.